The second-order valence-corrected chi connectivity index (χ2v) is 8.25. The lowest BCUT2D eigenvalue weighted by Crippen LogP contribution is -2.41. The van der Waals surface area contributed by atoms with Crippen LogP contribution < -0.4 is 0 Å². The van der Waals surface area contributed by atoms with Crippen molar-refractivity contribution in [3.8, 4) is 0 Å². The maximum Gasteiger partial charge on any atom is 0.237 e. The summed E-state index contributed by atoms with van der Waals surface area (Å²) in [5.74, 6) is -0.578. The number of nitrogens with zero attached hydrogens (tertiary/aromatic N) is 3. The number of likely N-dealkylation sites (tertiary alicyclic amines) is 1. The number of imide groups is 1. The van der Waals surface area contributed by atoms with Crippen LogP contribution in [-0.4, -0.2) is 22.8 Å². The predicted molar refractivity (Wildman–Crippen MR) is 113 cm³/mol. The number of hydrogen-bond acceptors (Lipinski definition) is 4. The Kier molecular flexibility index (Phi) is 5.56. The van der Waals surface area contributed by atoms with E-state index in [9.17, 15) is 9.59 Å². The van der Waals surface area contributed by atoms with Gasteiger partial charge in [-0.25, -0.2) is 0 Å². The fraction of sp³-hybridized carbons (Fsp3) is 0.417. The van der Waals surface area contributed by atoms with Crippen LogP contribution in [0.4, 0.5) is 11.4 Å². The molecule has 4 rings (SSSR count). The van der Waals surface area contributed by atoms with Crippen molar-refractivity contribution in [3.63, 3.8) is 0 Å². The van der Waals surface area contributed by atoms with E-state index in [2.05, 4.69) is 10.2 Å². The molecule has 1 aliphatic carbocycles. The van der Waals surface area contributed by atoms with E-state index >= 15 is 0 Å². The number of carbonyl (C=O) groups is 2. The molecule has 5 nitrogen and oxygen atoms in total. The highest BCUT2D eigenvalue weighted by Crippen LogP contribution is 2.39. The summed E-state index contributed by atoms with van der Waals surface area (Å²) < 4.78 is 0. The van der Waals surface area contributed by atoms with Gasteiger partial charge in [0.1, 0.15) is 0 Å². The van der Waals surface area contributed by atoms with Gasteiger partial charge >= 0.3 is 0 Å². The van der Waals surface area contributed by atoms with Crippen LogP contribution in [0.5, 0.6) is 0 Å². The number of azo groups is 1. The van der Waals surface area contributed by atoms with Gasteiger partial charge in [-0.05, 0) is 50.5 Å². The molecule has 1 saturated carbocycles. The summed E-state index contributed by atoms with van der Waals surface area (Å²) in [4.78, 5) is 27.5. The fourth-order valence-corrected chi connectivity index (χ4v) is 4.38. The molecule has 29 heavy (non-hydrogen) atoms. The van der Waals surface area contributed by atoms with Crippen LogP contribution in [0.15, 0.2) is 52.7 Å². The topological polar surface area (TPSA) is 62.1 Å². The Labute approximate surface area is 171 Å². The Bertz CT molecular complexity index is 943. The van der Waals surface area contributed by atoms with Gasteiger partial charge in [0.15, 0.2) is 0 Å². The minimum atomic E-state index is -0.462. The predicted octanol–water partition coefficient (Wildman–Crippen LogP) is 5.89. The van der Waals surface area contributed by atoms with Crippen LogP contribution in [0, 0.1) is 13.8 Å². The molecule has 2 aromatic rings. The summed E-state index contributed by atoms with van der Waals surface area (Å²) in [6.45, 7) is 4.02. The molecule has 1 unspecified atom stereocenters. The fourth-order valence-electron chi connectivity index (χ4n) is 4.38. The van der Waals surface area contributed by atoms with Gasteiger partial charge in [-0.2, -0.15) is 10.2 Å². The Hall–Kier alpha value is -2.82. The molecule has 0 N–H and O–H groups in total. The largest absolute Gasteiger partial charge is 0.279 e. The number of aryl methyl sites for hydroxylation is 2. The number of benzene rings is 2. The summed E-state index contributed by atoms with van der Waals surface area (Å²) in [6, 6.07) is 13.7. The summed E-state index contributed by atoms with van der Waals surface area (Å²) in [5.41, 5.74) is 4.44. The number of hydrogen-bond donors (Lipinski definition) is 0. The van der Waals surface area contributed by atoms with Gasteiger partial charge in [-0.1, -0.05) is 54.7 Å². The molecule has 0 spiro atoms. The molecule has 0 radical (unpaired) electrons. The van der Waals surface area contributed by atoms with Gasteiger partial charge in [0, 0.05) is 12.5 Å². The monoisotopic (exact) mass is 389 g/mol. The minimum absolute atomic E-state index is 0.0465. The highest BCUT2D eigenvalue weighted by Gasteiger charge is 2.43. The smallest absolute Gasteiger partial charge is 0.237 e. The van der Waals surface area contributed by atoms with E-state index in [4.69, 9.17) is 0 Å². The summed E-state index contributed by atoms with van der Waals surface area (Å²) in [6.07, 6.45) is 5.46. The van der Waals surface area contributed by atoms with Gasteiger partial charge in [-0.15, -0.1) is 0 Å². The SMILES string of the molecule is Cc1ccc(N=Nc2ccc(C)cc2C2CC(=O)N(C3CCCCC3)C2=O)cc1. The molecule has 1 atom stereocenters. The van der Waals surface area contributed by atoms with E-state index < -0.39 is 5.92 Å². The average Bonchev–Trinajstić information content (AvgIpc) is 3.03. The van der Waals surface area contributed by atoms with Crippen molar-refractivity contribution in [1.29, 1.82) is 0 Å². The minimum Gasteiger partial charge on any atom is -0.279 e. The molecular formula is C24H27N3O2. The normalized spacial score (nSPS) is 20.8. The zero-order chi connectivity index (χ0) is 20.4. The van der Waals surface area contributed by atoms with E-state index in [1.54, 1.807) is 4.90 Å². The Morgan fingerprint density at radius 1 is 0.862 bits per heavy atom. The third-order valence-electron chi connectivity index (χ3n) is 5.99. The highest BCUT2D eigenvalue weighted by molar-refractivity contribution is 6.07. The Morgan fingerprint density at radius 2 is 1.55 bits per heavy atom. The van der Waals surface area contributed by atoms with E-state index in [1.807, 2.05) is 56.3 Å². The number of carbonyl (C=O) groups excluding carboxylic acids is 2. The second kappa shape index (κ2) is 8.27. The van der Waals surface area contributed by atoms with Crippen molar-refractivity contribution in [2.24, 2.45) is 10.2 Å². The van der Waals surface area contributed by atoms with Crippen LogP contribution in [0.25, 0.3) is 0 Å². The third kappa shape index (κ3) is 4.14. The van der Waals surface area contributed by atoms with Crippen molar-refractivity contribution in [2.75, 3.05) is 0 Å². The molecule has 2 amide bonds. The molecule has 1 heterocycles. The van der Waals surface area contributed by atoms with Gasteiger partial charge in [-0.3, -0.25) is 14.5 Å². The molecule has 1 aliphatic heterocycles. The van der Waals surface area contributed by atoms with Crippen molar-refractivity contribution in [1.82, 2.24) is 4.90 Å². The average molecular weight is 389 g/mol. The third-order valence-corrected chi connectivity index (χ3v) is 5.99. The maximum atomic E-state index is 13.2. The summed E-state index contributed by atoms with van der Waals surface area (Å²) >= 11 is 0. The highest BCUT2D eigenvalue weighted by atomic mass is 16.2. The first-order valence-corrected chi connectivity index (χ1v) is 10.5. The molecule has 5 heteroatoms. The van der Waals surface area contributed by atoms with Crippen LogP contribution in [0.2, 0.25) is 0 Å². The van der Waals surface area contributed by atoms with Gasteiger partial charge in [0.2, 0.25) is 11.8 Å². The first-order valence-electron chi connectivity index (χ1n) is 10.5. The molecule has 2 aromatic carbocycles. The van der Waals surface area contributed by atoms with E-state index in [0.717, 1.165) is 48.1 Å². The molecule has 0 aromatic heterocycles. The van der Waals surface area contributed by atoms with Gasteiger partial charge < -0.3 is 0 Å². The van der Waals surface area contributed by atoms with Crippen molar-refractivity contribution in [2.45, 2.75) is 64.3 Å². The summed E-state index contributed by atoms with van der Waals surface area (Å²) in [5, 5.41) is 8.78. The summed E-state index contributed by atoms with van der Waals surface area (Å²) in [7, 11) is 0. The molecular weight excluding hydrogens is 362 g/mol. The quantitative estimate of drug-likeness (QED) is 0.483. The van der Waals surface area contributed by atoms with Gasteiger partial charge in [0.25, 0.3) is 0 Å². The van der Waals surface area contributed by atoms with Crippen molar-refractivity contribution < 1.29 is 9.59 Å². The number of amides is 2. The molecule has 0 bridgehead atoms. The van der Waals surface area contributed by atoms with Crippen molar-refractivity contribution in [3.05, 3.63) is 59.2 Å². The first kappa shape index (κ1) is 19.5. The molecule has 2 aliphatic rings. The lowest BCUT2D eigenvalue weighted by Gasteiger charge is -2.29. The Morgan fingerprint density at radius 3 is 2.28 bits per heavy atom. The van der Waals surface area contributed by atoms with E-state index in [1.165, 1.54) is 6.42 Å². The standard InChI is InChI=1S/C24H27N3O2/c1-16-8-11-18(12-9-16)25-26-22-13-10-17(2)14-20(22)21-15-23(28)27(24(21)29)19-6-4-3-5-7-19/h8-14,19,21H,3-7,15H2,1-2H3. The molecule has 1 saturated heterocycles. The molecule has 2 fully saturated rings. The van der Waals surface area contributed by atoms with E-state index in [0.29, 0.717) is 5.69 Å². The molecule has 150 valence electrons. The maximum absolute atomic E-state index is 13.2. The lowest BCUT2D eigenvalue weighted by molar-refractivity contribution is -0.142. The van der Waals surface area contributed by atoms with Crippen LogP contribution in [-0.2, 0) is 9.59 Å². The van der Waals surface area contributed by atoms with Crippen LogP contribution in [0.1, 0.15) is 61.1 Å². The lowest BCUT2D eigenvalue weighted by atomic mass is 9.93. The Balaban J connectivity index is 1.62. The second-order valence-electron chi connectivity index (χ2n) is 8.25. The van der Waals surface area contributed by atoms with Crippen LogP contribution in [0.3, 0.4) is 0 Å². The van der Waals surface area contributed by atoms with Gasteiger partial charge in [0.05, 0.1) is 17.3 Å². The van der Waals surface area contributed by atoms with Crippen molar-refractivity contribution >= 4 is 23.2 Å². The zero-order valence-electron chi connectivity index (χ0n) is 17.1. The van der Waals surface area contributed by atoms with Crippen LogP contribution >= 0.6 is 0 Å². The zero-order valence-corrected chi connectivity index (χ0v) is 17.1. The number of rotatable bonds is 4. The van der Waals surface area contributed by atoms with E-state index in [-0.39, 0.29) is 24.3 Å². The first-order chi connectivity index (χ1) is 14.0.